The minimum absolute atomic E-state index is 0. The number of aryl methyl sites for hydroxylation is 2. The van der Waals surface area contributed by atoms with E-state index in [9.17, 15) is 0 Å². The van der Waals surface area contributed by atoms with Gasteiger partial charge in [0.15, 0.2) is 5.82 Å². The number of aromatic nitrogens is 3. The second kappa shape index (κ2) is 12.4. The second-order valence-electron chi connectivity index (χ2n) is 8.29. The van der Waals surface area contributed by atoms with Gasteiger partial charge in [0.1, 0.15) is 5.82 Å². The number of nitrogens with two attached hydrogens (primary N) is 1. The molecule has 0 unspecified atom stereocenters. The first-order chi connectivity index (χ1) is 14.0. The average molecular weight is 497 g/mol. The molecule has 3 N–H and O–H groups in total. The number of hydrogen-bond acceptors (Lipinski definition) is 5. The van der Waals surface area contributed by atoms with E-state index in [1.54, 1.807) is 0 Å². The lowest BCUT2D eigenvalue weighted by Crippen LogP contribution is -2.39. The van der Waals surface area contributed by atoms with E-state index in [1.807, 2.05) is 37.3 Å². The maximum Gasteiger partial charge on any atom is 0.155 e. The van der Waals surface area contributed by atoms with Gasteiger partial charge in [-0.1, -0.05) is 24.6 Å². The lowest BCUT2D eigenvalue weighted by atomic mass is 9.83. The van der Waals surface area contributed by atoms with Gasteiger partial charge in [0.2, 0.25) is 0 Å². The van der Waals surface area contributed by atoms with Crippen molar-refractivity contribution < 1.29 is 0 Å². The fraction of sp³-hybridized carbons (Fsp3) is 0.375. The molecule has 0 amide bonds. The van der Waals surface area contributed by atoms with Gasteiger partial charge >= 0.3 is 0 Å². The van der Waals surface area contributed by atoms with Crippen molar-refractivity contribution >= 4 is 66.1 Å². The first-order valence-electron chi connectivity index (χ1n) is 10.4. The van der Waals surface area contributed by atoms with Gasteiger partial charge in [-0.3, -0.25) is 4.98 Å². The predicted molar refractivity (Wildman–Crippen MR) is 142 cm³/mol. The van der Waals surface area contributed by atoms with Crippen LogP contribution in [0, 0.1) is 19.8 Å². The summed E-state index contributed by atoms with van der Waals surface area (Å²) in [6.07, 6.45) is 7.07. The minimum Gasteiger partial charge on any atom is -0.366 e. The van der Waals surface area contributed by atoms with E-state index < -0.39 is 0 Å². The van der Waals surface area contributed by atoms with Crippen LogP contribution >= 0.6 is 37.2 Å². The Balaban J connectivity index is 0.00000171. The molecule has 0 aliphatic heterocycles. The van der Waals surface area contributed by atoms with E-state index in [4.69, 9.17) is 15.7 Å². The molecule has 174 valence electrons. The van der Waals surface area contributed by atoms with Crippen LogP contribution in [0.15, 0.2) is 36.4 Å². The van der Waals surface area contributed by atoms with Gasteiger partial charge in [-0.2, -0.15) is 0 Å². The second-order valence-corrected chi connectivity index (χ2v) is 8.29. The third-order valence-corrected chi connectivity index (χ3v) is 5.71. The molecule has 4 rings (SSSR count). The third kappa shape index (κ3) is 6.79. The zero-order chi connectivity index (χ0) is 20.4. The number of fused-ring (bicyclic) bond motifs is 1. The highest BCUT2D eigenvalue weighted by molar-refractivity contribution is 5.90. The van der Waals surface area contributed by atoms with Gasteiger partial charge in [-0.05, 0) is 75.4 Å². The van der Waals surface area contributed by atoms with Crippen LogP contribution in [-0.2, 0) is 0 Å². The number of hydrogen-bond donors (Lipinski definition) is 2. The Morgan fingerprint density at radius 2 is 1.75 bits per heavy atom. The average Bonchev–Trinajstić information content (AvgIpc) is 2.69. The first kappa shape index (κ1) is 28.1. The first-order valence-corrected chi connectivity index (χ1v) is 10.4. The SMILES string of the molecule is Cc1ccc2nc(C=Cc3cccc(C)n3)nc(N[C@@H]3CC[C@H](N)C[C@@H]3C)c2c1.Cl.Cl.Cl. The van der Waals surface area contributed by atoms with Crippen molar-refractivity contribution in [3.63, 3.8) is 0 Å². The molecule has 2 aromatic heterocycles. The standard InChI is InChI=1S/C24H29N5.3ClH/c1-15-7-10-22-20(13-15)24(28-21-11-8-18(25)14-16(21)2)29-23(27-22)12-9-19-6-4-5-17(3)26-19;;;/h4-7,9-10,12-13,16,18,21H,8,11,14,25H2,1-3H3,(H,27,28,29);3*1H/t16-,18-,21+;;;/m0.../s1. The smallest absolute Gasteiger partial charge is 0.155 e. The highest BCUT2D eigenvalue weighted by Crippen LogP contribution is 2.29. The van der Waals surface area contributed by atoms with E-state index in [0.717, 1.165) is 47.4 Å². The van der Waals surface area contributed by atoms with E-state index >= 15 is 0 Å². The van der Waals surface area contributed by atoms with Crippen molar-refractivity contribution in [3.05, 3.63) is 59.2 Å². The summed E-state index contributed by atoms with van der Waals surface area (Å²) >= 11 is 0. The van der Waals surface area contributed by atoms with Crippen LogP contribution in [-0.4, -0.2) is 27.0 Å². The molecule has 1 fully saturated rings. The molecule has 0 saturated heterocycles. The molecule has 32 heavy (non-hydrogen) atoms. The molecule has 5 nitrogen and oxygen atoms in total. The Kier molecular flexibility index (Phi) is 10.9. The maximum atomic E-state index is 6.15. The summed E-state index contributed by atoms with van der Waals surface area (Å²) in [6.45, 7) is 6.36. The third-order valence-electron chi connectivity index (χ3n) is 5.71. The van der Waals surface area contributed by atoms with E-state index in [-0.39, 0.29) is 37.2 Å². The highest BCUT2D eigenvalue weighted by atomic mass is 35.5. The Bertz CT molecular complexity index is 1060. The maximum absolute atomic E-state index is 6.15. The summed E-state index contributed by atoms with van der Waals surface area (Å²) in [5, 5.41) is 4.78. The molecule has 8 heteroatoms. The van der Waals surface area contributed by atoms with Crippen molar-refractivity contribution in [1.82, 2.24) is 15.0 Å². The summed E-state index contributed by atoms with van der Waals surface area (Å²) in [7, 11) is 0. The van der Waals surface area contributed by atoms with Crippen LogP contribution in [0.1, 0.15) is 49.0 Å². The molecule has 0 spiro atoms. The summed E-state index contributed by atoms with van der Waals surface area (Å²) in [5.74, 6) is 2.11. The number of pyridine rings is 1. The van der Waals surface area contributed by atoms with Gasteiger partial charge in [-0.25, -0.2) is 9.97 Å². The molecule has 1 aliphatic carbocycles. The topological polar surface area (TPSA) is 76.7 Å². The number of benzene rings is 1. The zero-order valence-corrected chi connectivity index (χ0v) is 21.1. The fourth-order valence-corrected chi connectivity index (χ4v) is 4.09. The van der Waals surface area contributed by atoms with Crippen LogP contribution in [0.5, 0.6) is 0 Å². The Morgan fingerprint density at radius 1 is 0.969 bits per heavy atom. The summed E-state index contributed by atoms with van der Waals surface area (Å²) in [4.78, 5) is 14.1. The van der Waals surface area contributed by atoms with E-state index in [2.05, 4.69) is 42.3 Å². The molecular weight excluding hydrogens is 465 g/mol. The molecule has 1 aliphatic rings. The van der Waals surface area contributed by atoms with Gasteiger partial charge in [0.25, 0.3) is 0 Å². The van der Waals surface area contributed by atoms with Crippen molar-refractivity contribution in [2.45, 2.75) is 52.1 Å². The molecule has 0 radical (unpaired) electrons. The summed E-state index contributed by atoms with van der Waals surface area (Å²) in [6, 6.07) is 13.0. The quantitative estimate of drug-likeness (QED) is 0.463. The van der Waals surface area contributed by atoms with Gasteiger partial charge < -0.3 is 11.1 Å². The van der Waals surface area contributed by atoms with Crippen molar-refractivity contribution in [2.75, 3.05) is 5.32 Å². The Labute approximate surface area is 208 Å². The van der Waals surface area contributed by atoms with E-state index in [0.29, 0.717) is 23.8 Å². The van der Waals surface area contributed by atoms with Crippen molar-refractivity contribution in [1.29, 1.82) is 0 Å². The molecule has 1 saturated carbocycles. The van der Waals surface area contributed by atoms with Crippen LogP contribution in [0.3, 0.4) is 0 Å². The lowest BCUT2D eigenvalue weighted by molar-refractivity contribution is 0.314. The van der Waals surface area contributed by atoms with Crippen molar-refractivity contribution in [3.8, 4) is 0 Å². The molecule has 3 aromatic rings. The normalized spacial score (nSPS) is 20.2. The number of anilines is 1. The van der Waals surface area contributed by atoms with Crippen LogP contribution in [0.25, 0.3) is 23.1 Å². The number of nitrogens with zero attached hydrogens (tertiary/aromatic N) is 3. The Morgan fingerprint density at radius 3 is 2.47 bits per heavy atom. The fourth-order valence-electron chi connectivity index (χ4n) is 4.09. The monoisotopic (exact) mass is 495 g/mol. The molecule has 1 aromatic carbocycles. The number of nitrogens with one attached hydrogen (secondary N) is 1. The lowest BCUT2D eigenvalue weighted by Gasteiger charge is -2.33. The van der Waals surface area contributed by atoms with Crippen LogP contribution in [0.4, 0.5) is 5.82 Å². The van der Waals surface area contributed by atoms with Crippen LogP contribution < -0.4 is 11.1 Å². The summed E-state index contributed by atoms with van der Waals surface area (Å²) < 4.78 is 0. The van der Waals surface area contributed by atoms with Gasteiger partial charge in [-0.15, -0.1) is 37.2 Å². The molecule has 0 bridgehead atoms. The number of halogens is 3. The molecular formula is C24H32Cl3N5. The number of rotatable bonds is 4. The largest absolute Gasteiger partial charge is 0.366 e. The molecule has 2 heterocycles. The van der Waals surface area contributed by atoms with Crippen LogP contribution in [0.2, 0.25) is 0 Å². The van der Waals surface area contributed by atoms with Gasteiger partial charge in [0.05, 0.1) is 11.2 Å². The van der Waals surface area contributed by atoms with Gasteiger partial charge in [0, 0.05) is 23.2 Å². The predicted octanol–water partition coefficient (Wildman–Crippen LogP) is 6.01. The zero-order valence-electron chi connectivity index (χ0n) is 18.6. The van der Waals surface area contributed by atoms with E-state index in [1.165, 1.54) is 5.56 Å². The van der Waals surface area contributed by atoms with Crippen molar-refractivity contribution in [2.24, 2.45) is 11.7 Å². The summed E-state index contributed by atoms with van der Waals surface area (Å²) in [5.41, 5.74) is 10.2. The Hall–Kier alpha value is -1.92. The minimum atomic E-state index is 0. The highest BCUT2D eigenvalue weighted by Gasteiger charge is 2.26. The molecule has 3 atom stereocenters.